The number of aryl methyl sites for hydroxylation is 1. The van der Waals surface area contributed by atoms with Crippen molar-refractivity contribution >= 4 is 38.9 Å². The number of methoxy groups -OCH3 is 1. The van der Waals surface area contributed by atoms with Crippen LogP contribution in [0.25, 0.3) is 21.2 Å². The van der Waals surface area contributed by atoms with Crippen molar-refractivity contribution in [1.29, 1.82) is 0 Å². The molecule has 0 saturated heterocycles. The topological polar surface area (TPSA) is 54.5 Å². The van der Waals surface area contributed by atoms with E-state index in [9.17, 15) is 9.18 Å². The molecule has 2 aromatic heterocycles. The van der Waals surface area contributed by atoms with Crippen LogP contribution in [0.1, 0.15) is 46.5 Å². The van der Waals surface area contributed by atoms with Gasteiger partial charge in [-0.1, -0.05) is 17.7 Å². The Morgan fingerprint density at radius 2 is 1.87 bits per heavy atom. The standard InChI is InChI=1S/C30H31ClFN3O2S/c1-18-4-9-25(32)28-26(18)27(31)29(38-28)30(36)35(23-7-5-22(33-2)6-8-23)17-19-14-21(16-24(15-19)37-3)20-10-12-34-13-11-20/h4,9-16,22-23,33H,5-8,17H2,1-3H3/t22-,23-. The summed E-state index contributed by atoms with van der Waals surface area (Å²) in [6, 6.07) is 13.6. The van der Waals surface area contributed by atoms with E-state index in [1.165, 1.54) is 6.07 Å². The van der Waals surface area contributed by atoms with Crippen LogP contribution in [0.4, 0.5) is 4.39 Å². The van der Waals surface area contributed by atoms with Crippen molar-refractivity contribution in [3.8, 4) is 16.9 Å². The monoisotopic (exact) mass is 551 g/mol. The molecular formula is C30H31ClFN3O2S. The molecule has 1 fully saturated rings. The lowest BCUT2D eigenvalue weighted by Crippen LogP contribution is -2.44. The first-order valence-corrected chi connectivity index (χ1v) is 14.0. The summed E-state index contributed by atoms with van der Waals surface area (Å²) < 4.78 is 20.7. The Kier molecular flexibility index (Phi) is 7.98. The highest BCUT2D eigenvalue weighted by atomic mass is 35.5. The minimum atomic E-state index is -0.354. The van der Waals surface area contributed by atoms with E-state index < -0.39 is 0 Å². The number of ether oxygens (including phenoxy) is 1. The molecule has 0 radical (unpaired) electrons. The van der Waals surface area contributed by atoms with Crippen molar-refractivity contribution in [1.82, 2.24) is 15.2 Å². The molecule has 1 saturated carbocycles. The predicted octanol–water partition coefficient (Wildman–Crippen LogP) is 7.25. The van der Waals surface area contributed by atoms with E-state index >= 15 is 0 Å². The van der Waals surface area contributed by atoms with Gasteiger partial charge in [-0.3, -0.25) is 9.78 Å². The van der Waals surface area contributed by atoms with Crippen molar-refractivity contribution < 1.29 is 13.9 Å². The average molecular weight is 552 g/mol. The van der Waals surface area contributed by atoms with E-state index in [1.807, 2.05) is 43.1 Å². The zero-order valence-electron chi connectivity index (χ0n) is 21.8. The van der Waals surface area contributed by atoms with Crippen LogP contribution in [0.5, 0.6) is 5.75 Å². The molecule has 0 atom stereocenters. The number of amides is 1. The predicted molar refractivity (Wildman–Crippen MR) is 153 cm³/mol. The fourth-order valence-electron chi connectivity index (χ4n) is 5.38. The summed E-state index contributed by atoms with van der Waals surface area (Å²) in [6.45, 7) is 2.29. The number of halogens is 2. The first kappa shape index (κ1) is 26.6. The molecule has 0 spiro atoms. The summed E-state index contributed by atoms with van der Waals surface area (Å²) in [5.41, 5.74) is 3.83. The quantitative estimate of drug-likeness (QED) is 0.263. The van der Waals surface area contributed by atoms with Crippen molar-refractivity contribution in [2.24, 2.45) is 0 Å². The van der Waals surface area contributed by atoms with Gasteiger partial charge in [0.1, 0.15) is 16.4 Å². The number of hydrogen-bond acceptors (Lipinski definition) is 5. The van der Waals surface area contributed by atoms with E-state index in [-0.39, 0.29) is 17.8 Å². The fourth-order valence-corrected chi connectivity index (χ4v) is 7.00. The molecule has 0 bridgehead atoms. The molecule has 2 heterocycles. The number of hydrogen-bond donors (Lipinski definition) is 1. The minimum absolute atomic E-state index is 0.0508. The van der Waals surface area contributed by atoms with Crippen molar-refractivity contribution in [3.63, 3.8) is 0 Å². The minimum Gasteiger partial charge on any atom is -0.497 e. The van der Waals surface area contributed by atoms with Gasteiger partial charge in [0, 0.05) is 36.4 Å². The number of carbonyl (C=O) groups excluding carboxylic acids is 1. The maximum atomic E-state index is 14.7. The Morgan fingerprint density at radius 1 is 1.13 bits per heavy atom. The summed E-state index contributed by atoms with van der Waals surface area (Å²) >= 11 is 7.92. The molecule has 5 nitrogen and oxygen atoms in total. The Labute approximate surface area is 231 Å². The Morgan fingerprint density at radius 3 is 2.53 bits per heavy atom. The van der Waals surface area contributed by atoms with Crippen LogP contribution in [0.15, 0.2) is 54.9 Å². The van der Waals surface area contributed by atoms with E-state index in [1.54, 1.807) is 25.6 Å². The highest BCUT2D eigenvalue weighted by Crippen LogP contribution is 2.40. The molecule has 1 aliphatic rings. The molecule has 5 rings (SSSR count). The SMILES string of the molecule is CN[C@H]1CC[C@H](N(Cc2cc(OC)cc(-c3ccncc3)c2)C(=O)c2sc3c(F)ccc(C)c3c2Cl)CC1. The maximum absolute atomic E-state index is 14.7. The van der Waals surface area contributed by atoms with Crippen molar-refractivity contribution in [3.05, 3.63) is 81.7 Å². The van der Waals surface area contributed by atoms with Gasteiger partial charge in [-0.2, -0.15) is 0 Å². The zero-order valence-corrected chi connectivity index (χ0v) is 23.3. The van der Waals surface area contributed by atoms with Gasteiger partial charge in [0.05, 0.1) is 16.8 Å². The summed E-state index contributed by atoms with van der Waals surface area (Å²) in [4.78, 5) is 20.6. The number of fused-ring (bicyclic) bond motifs is 1. The van der Waals surface area contributed by atoms with Gasteiger partial charge >= 0.3 is 0 Å². The third kappa shape index (κ3) is 5.28. The fraction of sp³-hybridized carbons (Fsp3) is 0.333. The molecule has 1 N–H and O–H groups in total. The van der Waals surface area contributed by atoms with Crippen LogP contribution >= 0.6 is 22.9 Å². The van der Waals surface area contributed by atoms with Crippen molar-refractivity contribution in [2.75, 3.05) is 14.2 Å². The third-order valence-corrected chi connectivity index (χ3v) is 9.19. The van der Waals surface area contributed by atoms with Gasteiger partial charge in [-0.05, 0) is 98.3 Å². The summed E-state index contributed by atoms with van der Waals surface area (Å²) in [5, 5.41) is 4.33. The molecule has 2 aromatic carbocycles. The number of carbonyl (C=O) groups is 1. The first-order chi connectivity index (χ1) is 18.4. The Balaban J connectivity index is 1.55. The molecule has 0 aliphatic heterocycles. The zero-order chi connectivity index (χ0) is 26.8. The number of nitrogens with zero attached hydrogens (tertiary/aromatic N) is 2. The molecular weight excluding hydrogens is 521 g/mol. The third-order valence-electron chi connectivity index (χ3n) is 7.51. The van der Waals surface area contributed by atoms with Gasteiger partial charge in [-0.15, -0.1) is 11.3 Å². The molecule has 1 amide bonds. The van der Waals surface area contributed by atoms with Crippen LogP contribution in [-0.2, 0) is 6.54 Å². The number of nitrogens with one attached hydrogen (secondary N) is 1. The number of thiophene rings is 1. The van der Waals surface area contributed by atoms with Crippen LogP contribution in [0, 0.1) is 12.7 Å². The normalized spacial score (nSPS) is 17.5. The number of benzene rings is 2. The molecule has 0 unspecified atom stereocenters. The van der Waals surface area contributed by atoms with Crippen LogP contribution < -0.4 is 10.1 Å². The largest absolute Gasteiger partial charge is 0.497 e. The lowest BCUT2D eigenvalue weighted by Gasteiger charge is -2.37. The molecule has 8 heteroatoms. The second kappa shape index (κ2) is 11.4. The molecule has 198 valence electrons. The summed E-state index contributed by atoms with van der Waals surface area (Å²) in [6.07, 6.45) is 7.26. The smallest absolute Gasteiger partial charge is 0.266 e. The average Bonchev–Trinajstić information content (AvgIpc) is 3.32. The highest BCUT2D eigenvalue weighted by molar-refractivity contribution is 7.21. The van der Waals surface area contributed by atoms with Crippen LogP contribution in [-0.4, -0.2) is 42.0 Å². The van der Waals surface area contributed by atoms with E-state index in [2.05, 4.69) is 16.4 Å². The van der Waals surface area contributed by atoms with E-state index in [4.69, 9.17) is 16.3 Å². The second-order valence-electron chi connectivity index (χ2n) is 9.85. The molecule has 1 aliphatic carbocycles. The van der Waals surface area contributed by atoms with Gasteiger partial charge in [0.15, 0.2) is 0 Å². The van der Waals surface area contributed by atoms with Gasteiger partial charge in [0.2, 0.25) is 0 Å². The number of rotatable bonds is 7. The van der Waals surface area contributed by atoms with Crippen LogP contribution in [0.3, 0.4) is 0 Å². The van der Waals surface area contributed by atoms with E-state index in [0.29, 0.717) is 32.6 Å². The van der Waals surface area contributed by atoms with Gasteiger partial charge in [-0.25, -0.2) is 4.39 Å². The maximum Gasteiger partial charge on any atom is 0.266 e. The number of aromatic nitrogens is 1. The van der Waals surface area contributed by atoms with Gasteiger partial charge < -0.3 is 15.0 Å². The van der Waals surface area contributed by atoms with Crippen LogP contribution in [0.2, 0.25) is 5.02 Å². The lowest BCUT2D eigenvalue weighted by atomic mass is 9.89. The summed E-state index contributed by atoms with van der Waals surface area (Å²) in [5.74, 6) is 0.210. The van der Waals surface area contributed by atoms with E-state index in [0.717, 1.165) is 65.0 Å². The van der Waals surface area contributed by atoms with Crippen molar-refractivity contribution in [2.45, 2.75) is 51.2 Å². The Bertz CT molecular complexity index is 1450. The summed E-state index contributed by atoms with van der Waals surface area (Å²) in [7, 11) is 3.63. The molecule has 38 heavy (non-hydrogen) atoms. The second-order valence-corrected chi connectivity index (χ2v) is 11.2. The number of pyridine rings is 1. The Hall–Kier alpha value is -3.00. The lowest BCUT2D eigenvalue weighted by molar-refractivity contribution is 0.0606. The molecule has 4 aromatic rings. The highest BCUT2D eigenvalue weighted by Gasteiger charge is 2.32. The van der Waals surface area contributed by atoms with Gasteiger partial charge in [0.25, 0.3) is 5.91 Å². The first-order valence-electron chi connectivity index (χ1n) is 12.8.